The fourth-order valence-electron chi connectivity index (χ4n) is 2.62. The minimum absolute atomic E-state index is 0.213. The maximum Gasteiger partial charge on any atom is 0.305 e. The van der Waals surface area contributed by atoms with Crippen molar-refractivity contribution in [1.82, 2.24) is 15.1 Å². The lowest BCUT2D eigenvalue weighted by Gasteiger charge is -2.21. The number of amides is 1. The molecule has 1 heterocycles. The van der Waals surface area contributed by atoms with Gasteiger partial charge in [-0.15, -0.1) is 0 Å². The van der Waals surface area contributed by atoms with Gasteiger partial charge in [0.2, 0.25) is 0 Å². The largest absolute Gasteiger partial charge is 0.481 e. The lowest BCUT2D eigenvalue weighted by Crippen LogP contribution is -2.31. The fourth-order valence-corrected chi connectivity index (χ4v) is 2.62. The van der Waals surface area contributed by atoms with Gasteiger partial charge in [-0.05, 0) is 51.5 Å². The van der Waals surface area contributed by atoms with Crippen LogP contribution in [-0.4, -0.2) is 26.8 Å². The molecule has 6 nitrogen and oxygen atoms in total. The minimum Gasteiger partial charge on any atom is -0.481 e. The van der Waals surface area contributed by atoms with Crippen LogP contribution in [0.2, 0.25) is 0 Å². The quantitative estimate of drug-likeness (QED) is 0.871. The van der Waals surface area contributed by atoms with Crippen molar-refractivity contribution >= 4 is 11.9 Å². The molecule has 1 aromatic heterocycles. The van der Waals surface area contributed by atoms with Gasteiger partial charge in [-0.1, -0.05) is 12.1 Å². The number of aliphatic carboxylic acids is 1. The number of aryl methyl sites for hydroxylation is 1. The first-order chi connectivity index (χ1) is 11.6. The van der Waals surface area contributed by atoms with E-state index in [4.69, 9.17) is 5.11 Å². The summed E-state index contributed by atoms with van der Waals surface area (Å²) in [6, 6.07) is 6.27. The predicted molar refractivity (Wildman–Crippen MR) is 90.8 cm³/mol. The van der Waals surface area contributed by atoms with Gasteiger partial charge in [0.1, 0.15) is 11.5 Å². The SMILES string of the molecule is Cc1cc(C(=O)N[C@H](CC(=O)O)c2ccc(F)cc2)nn1C(C)(C)C. The Morgan fingerprint density at radius 3 is 2.36 bits per heavy atom. The number of nitrogens with zero attached hydrogens (tertiary/aromatic N) is 2. The second-order valence-electron chi connectivity index (χ2n) is 6.93. The predicted octanol–water partition coefficient (Wildman–Crippen LogP) is 3.03. The molecule has 0 saturated carbocycles. The number of hydrogen-bond donors (Lipinski definition) is 2. The van der Waals surface area contributed by atoms with E-state index in [2.05, 4.69) is 10.4 Å². The van der Waals surface area contributed by atoms with Crippen LogP contribution in [-0.2, 0) is 10.3 Å². The molecule has 134 valence electrons. The normalized spacial score (nSPS) is 12.7. The fraction of sp³-hybridized carbons (Fsp3) is 0.389. The van der Waals surface area contributed by atoms with Crippen molar-refractivity contribution in [3.05, 3.63) is 53.1 Å². The van der Waals surface area contributed by atoms with Crippen LogP contribution in [0.4, 0.5) is 4.39 Å². The molecular formula is C18H22FN3O3. The molecule has 0 unspecified atom stereocenters. The maximum absolute atomic E-state index is 13.1. The van der Waals surface area contributed by atoms with E-state index in [1.54, 1.807) is 10.7 Å². The Kier molecular flexibility index (Phi) is 5.25. The number of rotatable bonds is 5. The van der Waals surface area contributed by atoms with Crippen LogP contribution >= 0.6 is 0 Å². The first kappa shape index (κ1) is 18.6. The molecule has 2 N–H and O–H groups in total. The number of nitrogens with one attached hydrogen (secondary N) is 1. The first-order valence-electron chi connectivity index (χ1n) is 7.93. The third kappa shape index (κ3) is 4.65. The van der Waals surface area contributed by atoms with E-state index in [9.17, 15) is 14.0 Å². The third-order valence-corrected chi connectivity index (χ3v) is 3.71. The summed E-state index contributed by atoms with van der Waals surface area (Å²) in [7, 11) is 0. The van der Waals surface area contributed by atoms with Crippen molar-refractivity contribution in [3.8, 4) is 0 Å². The number of benzene rings is 1. The van der Waals surface area contributed by atoms with Crippen LogP contribution in [0.5, 0.6) is 0 Å². The van der Waals surface area contributed by atoms with Crippen molar-refractivity contribution in [2.75, 3.05) is 0 Å². The van der Waals surface area contributed by atoms with E-state index >= 15 is 0 Å². The van der Waals surface area contributed by atoms with E-state index in [-0.39, 0.29) is 17.7 Å². The van der Waals surface area contributed by atoms with Gasteiger partial charge in [-0.2, -0.15) is 5.10 Å². The Morgan fingerprint density at radius 1 is 1.28 bits per heavy atom. The molecule has 0 spiro atoms. The Morgan fingerprint density at radius 2 is 1.88 bits per heavy atom. The molecule has 0 radical (unpaired) electrons. The highest BCUT2D eigenvalue weighted by atomic mass is 19.1. The molecule has 1 atom stereocenters. The molecule has 0 fully saturated rings. The van der Waals surface area contributed by atoms with Crippen molar-refractivity contribution in [2.24, 2.45) is 0 Å². The molecule has 0 bridgehead atoms. The Hall–Kier alpha value is -2.70. The van der Waals surface area contributed by atoms with E-state index in [0.29, 0.717) is 5.56 Å². The summed E-state index contributed by atoms with van der Waals surface area (Å²) in [5.41, 5.74) is 1.28. The minimum atomic E-state index is -1.06. The van der Waals surface area contributed by atoms with Crippen LogP contribution in [0.3, 0.4) is 0 Å². The Labute approximate surface area is 145 Å². The number of carboxylic acids is 1. The van der Waals surface area contributed by atoms with E-state index in [0.717, 1.165) is 5.69 Å². The molecule has 7 heteroatoms. The smallest absolute Gasteiger partial charge is 0.305 e. The number of hydrogen-bond acceptors (Lipinski definition) is 3. The molecule has 0 saturated heterocycles. The zero-order valence-electron chi connectivity index (χ0n) is 14.7. The summed E-state index contributed by atoms with van der Waals surface area (Å²) in [6.45, 7) is 7.77. The summed E-state index contributed by atoms with van der Waals surface area (Å²) in [6.07, 6.45) is -0.309. The lowest BCUT2D eigenvalue weighted by molar-refractivity contribution is -0.137. The van der Waals surface area contributed by atoms with Crippen molar-refractivity contribution < 1.29 is 19.1 Å². The standard InChI is InChI=1S/C18H22FN3O3/c1-11-9-15(21-22(11)18(2,3)4)17(25)20-14(10-16(23)24)12-5-7-13(19)8-6-12/h5-9,14H,10H2,1-4H3,(H,20,25)(H,23,24)/t14-/m1/s1. The maximum atomic E-state index is 13.1. The molecule has 1 amide bonds. The van der Waals surface area contributed by atoms with Gasteiger partial charge in [0.25, 0.3) is 5.91 Å². The van der Waals surface area contributed by atoms with Crippen LogP contribution < -0.4 is 5.32 Å². The van der Waals surface area contributed by atoms with Crippen molar-refractivity contribution in [1.29, 1.82) is 0 Å². The second-order valence-corrected chi connectivity index (χ2v) is 6.93. The highest BCUT2D eigenvalue weighted by molar-refractivity contribution is 5.93. The average Bonchev–Trinajstić information content (AvgIpc) is 2.89. The van der Waals surface area contributed by atoms with Gasteiger partial charge < -0.3 is 10.4 Å². The third-order valence-electron chi connectivity index (χ3n) is 3.71. The topological polar surface area (TPSA) is 84.2 Å². The van der Waals surface area contributed by atoms with Gasteiger partial charge in [0.05, 0.1) is 18.0 Å². The number of carbonyl (C=O) groups excluding carboxylic acids is 1. The average molecular weight is 347 g/mol. The van der Waals surface area contributed by atoms with Crippen LogP contribution in [0.25, 0.3) is 0 Å². The molecule has 0 aliphatic heterocycles. The van der Waals surface area contributed by atoms with Gasteiger partial charge in [-0.3, -0.25) is 14.3 Å². The zero-order chi connectivity index (χ0) is 18.8. The van der Waals surface area contributed by atoms with E-state index in [1.807, 2.05) is 27.7 Å². The molecular weight excluding hydrogens is 325 g/mol. The molecule has 1 aromatic carbocycles. The Bertz CT molecular complexity index is 776. The number of carbonyl (C=O) groups is 2. The van der Waals surface area contributed by atoms with Crippen molar-refractivity contribution in [3.63, 3.8) is 0 Å². The summed E-state index contributed by atoms with van der Waals surface area (Å²) < 4.78 is 14.8. The summed E-state index contributed by atoms with van der Waals surface area (Å²) >= 11 is 0. The second kappa shape index (κ2) is 7.04. The highest BCUT2D eigenvalue weighted by Crippen LogP contribution is 2.20. The zero-order valence-corrected chi connectivity index (χ0v) is 14.7. The van der Waals surface area contributed by atoms with Gasteiger partial charge in [0.15, 0.2) is 0 Å². The molecule has 2 rings (SSSR count). The van der Waals surface area contributed by atoms with E-state index < -0.39 is 23.7 Å². The molecule has 25 heavy (non-hydrogen) atoms. The molecule has 2 aromatic rings. The summed E-state index contributed by atoms with van der Waals surface area (Å²) in [4.78, 5) is 23.6. The Balaban J connectivity index is 2.25. The number of carboxylic acid groups (broad SMARTS) is 1. The first-order valence-corrected chi connectivity index (χ1v) is 7.93. The number of aromatic nitrogens is 2. The van der Waals surface area contributed by atoms with Gasteiger partial charge >= 0.3 is 5.97 Å². The monoisotopic (exact) mass is 347 g/mol. The van der Waals surface area contributed by atoms with E-state index in [1.165, 1.54) is 24.3 Å². The van der Waals surface area contributed by atoms with Gasteiger partial charge in [-0.25, -0.2) is 4.39 Å². The summed E-state index contributed by atoms with van der Waals surface area (Å²) in [5.74, 6) is -1.96. The highest BCUT2D eigenvalue weighted by Gasteiger charge is 2.23. The lowest BCUT2D eigenvalue weighted by atomic mass is 10.0. The van der Waals surface area contributed by atoms with Crippen LogP contribution in [0, 0.1) is 12.7 Å². The summed E-state index contributed by atoms with van der Waals surface area (Å²) in [5, 5.41) is 16.1. The van der Waals surface area contributed by atoms with Crippen LogP contribution in [0.1, 0.15) is 55.0 Å². The van der Waals surface area contributed by atoms with Gasteiger partial charge in [0, 0.05) is 5.69 Å². The molecule has 0 aliphatic carbocycles. The van der Waals surface area contributed by atoms with Crippen molar-refractivity contribution in [2.45, 2.75) is 45.7 Å². The molecule has 0 aliphatic rings. The number of halogens is 1. The van der Waals surface area contributed by atoms with Crippen LogP contribution in [0.15, 0.2) is 30.3 Å².